The largest absolute Gasteiger partial charge is 0.355 e. The molecule has 23 heavy (non-hydrogen) atoms. The number of aromatic nitrogens is 2. The molecule has 1 aromatic heterocycles. The Bertz CT molecular complexity index is 594. The molecule has 5 nitrogen and oxygen atoms in total. The number of fused-ring (bicyclic) bond motifs is 1. The molecule has 3 rings (SSSR count). The maximum atomic E-state index is 12.3. The summed E-state index contributed by atoms with van der Waals surface area (Å²) in [5.41, 5.74) is 2.32. The van der Waals surface area contributed by atoms with Crippen molar-refractivity contribution < 1.29 is 13.6 Å². The third-order valence-electron chi connectivity index (χ3n) is 4.55. The van der Waals surface area contributed by atoms with Crippen LogP contribution in [0.5, 0.6) is 0 Å². The molecule has 1 fully saturated rings. The number of hydrogen-bond acceptors (Lipinski definition) is 4. The zero-order valence-corrected chi connectivity index (χ0v) is 13.3. The van der Waals surface area contributed by atoms with E-state index in [1.54, 1.807) is 0 Å². The van der Waals surface area contributed by atoms with Gasteiger partial charge in [-0.05, 0) is 39.0 Å². The first-order valence-electron chi connectivity index (χ1n) is 8.22. The Kier molecular flexibility index (Phi) is 4.73. The lowest BCUT2D eigenvalue weighted by molar-refractivity contribution is -0.125. The van der Waals surface area contributed by atoms with E-state index in [-0.39, 0.29) is 11.8 Å². The molecule has 2 heterocycles. The number of rotatable bonds is 4. The van der Waals surface area contributed by atoms with Gasteiger partial charge in [0.05, 0.1) is 12.5 Å². The summed E-state index contributed by atoms with van der Waals surface area (Å²) < 4.78 is 24.5. The lowest BCUT2D eigenvalue weighted by atomic mass is 9.96. The Morgan fingerprint density at radius 1 is 1.35 bits per heavy atom. The standard InChI is InChI=1S/C16H22F2N4O/c1-10-20-13-6-2-5-12(13)15(21-10)22-7-3-4-11(9-22)16(23)19-8-14(17)18/h11,14H,2-9H2,1H3,(H,19,23). The molecule has 126 valence electrons. The smallest absolute Gasteiger partial charge is 0.255 e. The molecule has 7 heteroatoms. The maximum Gasteiger partial charge on any atom is 0.255 e. The van der Waals surface area contributed by atoms with Crippen molar-refractivity contribution in [3.8, 4) is 0 Å². The topological polar surface area (TPSA) is 58.1 Å². The monoisotopic (exact) mass is 324 g/mol. The lowest BCUT2D eigenvalue weighted by Gasteiger charge is -2.34. The number of amides is 1. The summed E-state index contributed by atoms with van der Waals surface area (Å²) >= 11 is 0. The average molecular weight is 324 g/mol. The third kappa shape index (κ3) is 3.59. The van der Waals surface area contributed by atoms with E-state index >= 15 is 0 Å². The van der Waals surface area contributed by atoms with E-state index in [4.69, 9.17) is 0 Å². The van der Waals surface area contributed by atoms with Gasteiger partial charge < -0.3 is 10.2 Å². The van der Waals surface area contributed by atoms with Crippen LogP contribution in [-0.4, -0.2) is 41.9 Å². The molecule has 0 saturated carbocycles. The van der Waals surface area contributed by atoms with Gasteiger partial charge in [0.25, 0.3) is 6.43 Å². The van der Waals surface area contributed by atoms with Crippen molar-refractivity contribution in [2.45, 2.75) is 45.5 Å². The van der Waals surface area contributed by atoms with E-state index in [9.17, 15) is 13.6 Å². The first kappa shape index (κ1) is 16.1. The van der Waals surface area contributed by atoms with Crippen molar-refractivity contribution in [3.63, 3.8) is 0 Å². The van der Waals surface area contributed by atoms with Gasteiger partial charge in [-0.15, -0.1) is 0 Å². The van der Waals surface area contributed by atoms with E-state index in [1.807, 2.05) is 6.92 Å². The van der Waals surface area contributed by atoms with Crippen LogP contribution in [0.1, 0.15) is 36.3 Å². The normalized spacial score (nSPS) is 20.7. The second kappa shape index (κ2) is 6.76. The van der Waals surface area contributed by atoms with E-state index in [0.29, 0.717) is 6.54 Å². The molecule has 1 N–H and O–H groups in total. The van der Waals surface area contributed by atoms with Crippen molar-refractivity contribution in [1.82, 2.24) is 15.3 Å². The van der Waals surface area contributed by atoms with E-state index in [2.05, 4.69) is 20.2 Å². The highest BCUT2D eigenvalue weighted by molar-refractivity contribution is 5.79. The summed E-state index contributed by atoms with van der Waals surface area (Å²) in [6.07, 6.45) is 2.14. The number of carbonyl (C=O) groups excluding carboxylic acids is 1. The number of anilines is 1. The van der Waals surface area contributed by atoms with Gasteiger partial charge in [-0.3, -0.25) is 4.79 Å². The molecule has 0 aromatic carbocycles. The van der Waals surface area contributed by atoms with Gasteiger partial charge in [-0.1, -0.05) is 0 Å². The molecular weight excluding hydrogens is 302 g/mol. The number of halogens is 2. The predicted octanol–water partition coefficient (Wildman–Crippen LogP) is 1.87. The molecule has 1 aliphatic carbocycles. The average Bonchev–Trinajstić information content (AvgIpc) is 3.00. The van der Waals surface area contributed by atoms with Gasteiger partial charge in [0.15, 0.2) is 0 Å². The highest BCUT2D eigenvalue weighted by Gasteiger charge is 2.29. The van der Waals surface area contributed by atoms with Crippen molar-refractivity contribution in [2.75, 3.05) is 24.5 Å². The zero-order chi connectivity index (χ0) is 16.4. The minimum Gasteiger partial charge on any atom is -0.355 e. The van der Waals surface area contributed by atoms with Gasteiger partial charge in [-0.2, -0.15) is 0 Å². The Morgan fingerprint density at radius 2 is 2.17 bits per heavy atom. The second-order valence-corrected chi connectivity index (χ2v) is 6.29. The van der Waals surface area contributed by atoms with Crippen LogP contribution in [-0.2, 0) is 17.6 Å². The van der Waals surface area contributed by atoms with Gasteiger partial charge >= 0.3 is 0 Å². The summed E-state index contributed by atoms with van der Waals surface area (Å²) in [7, 11) is 0. The highest BCUT2D eigenvalue weighted by Crippen LogP contribution is 2.31. The maximum absolute atomic E-state index is 12.3. The van der Waals surface area contributed by atoms with Crippen LogP contribution < -0.4 is 10.2 Å². The number of carbonyl (C=O) groups is 1. The van der Waals surface area contributed by atoms with E-state index in [1.165, 1.54) is 5.56 Å². The van der Waals surface area contributed by atoms with Crippen molar-refractivity contribution in [2.24, 2.45) is 5.92 Å². The number of nitrogens with zero attached hydrogens (tertiary/aromatic N) is 3. The minimum absolute atomic E-state index is 0.255. The van der Waals surface area contributed by atoms with Crippen molar-refractivity contribution >= 4 is 11.7 Å². The predicted molar refractivity (Wildman–Crippen MR) is 82.7 cm³/mol. The SMILES string of the molecule is Cc1nc2c(c(N3CCCC(C(=O)NCC(F)F)C3)n1)CCC2. The molecule has 0 radical (unpaired) electrons. The fourth-order valence-corrected chi connectivity index (χ4v) is 3.50. The van der Waals surface area contributed by atoms with Crippen LogP contribution in [0.15, 0.2) is 0 Å². The van der Waals surface area contributed by atoms with E-state index < -0.39 is 13.0 Å². The fraction of sp³-hybridized carbons (Fsp3) is 0.688. The molecule has 0 spiro atoms. The van der Waals surface area contributed by atoms with Crippen LogP contribution in [0.4, 0.5) is 14.6 Å². The zero-order valence-electron chi connectivity index (χ0n) is 13.3. The van der Waals surface area contributed by atoms with Gasteiger partial charge in [0.2, 0.25) is 5.91 Å². The van der Waals surface area contributed by atoms with Crippen LogP contribution >= 0.6 is 0 Å². The van der Waals surface area contributed by atoms with E-state index in [0.717, 1.165) is 56.0 Å². The molecule has 1 aromatic rings. The highest BCUT2D eigenvalue weighted by atomic mass is 19.3. The summed E-state index contributed by atoms with van der Waals surface area (Å²) in [6, 6.07) is 0. The Morgan fingerprint density at radius 3 is 2.96 bits per heavy atom. The summed E-state index contributed by atoms with van der Waals surface area (Å²) in [5, 5.41) is 2.34. The molecule has 1 saturated heterocycles. The Labute approximate surface area is 134 Å². The lowest BCUT2D eigenvalue weighted by Crippen LogP contribution is -2.44. The fourth-order valence-electron chi connectivity index (χ4n) is 3.50. The van der Waals surface area contributed by atoms with Crippen LogP contribution in [0, 0.1) is 12.8 Å². The van der Waals surface area contributed by atoms with Gasteiger partial charge in [0.1, 0.15) is 11.6 Å². The van der Waals surface area contributed by atoms with Gasteiger partial charge in [0, 0.05) is 24.3 Å². The minimum atomic E-state index is -2.51. The Hall–Kier alpha value is -1.79. The molecule has 1 atom stereocenters. The summed E-state index contributed by atoms with van der Waals surface area (Å²) in [6.45, 7) is 2.70. The Balaban J connectivity index is 1.73. The number of nitrogens with one attached hydrogen (secondary N) is 1. The molecular formula is C16H22F2N4O. The third-order valence-corrected chi connectivity index (χ3v) is 4.55. The quantitative estimate of drug-likeness (QED) is 0.919. The van der Waals surface area contributed by atoms with Crippen LogP contribution in [0.3, 0.4) is 0 Å². The van der Waals surface area contributed by atoms with Crippen molar-refractivity contribution in [1.29, 1.82) is 0 Å². The number of alkyl halides is 2. The molecule has 1 amide bonds. The molecule has 0 bridgehead atoms. The first-order valence-corrected chi connectivity index (χ1v) is 8.22. The number of hydrogen-bond donors (Lipinski definition) is 1. The van der Waals surface area contributed by atoms with Crippen LogP contribution in [0.25, 0.3) is 0 Å². The number of piperidine rings is 1. The molecule has 2 aliphatic rings. The summed E-state index contributed by atoms with van der Waals surface area (Å²) in [4.78, 5) is 23.3. The summed E-state index contributed by atoms with van der Waals surface area (Å²) in [5.74, 6) is 1.16. The van der Waals surface area contributed by atoms with Crippen LogP contribution in [0.2, 0.25) is 0 Å². The van der Waals surface area contributed by atoms with Gasteiger partial charge in [-0.25, -0.2) is 18.7 Å². The second-order valence-electron chi connectivity index (χ2n) is 6.29. The molecule has 1 aliphatic heterocycles. The first-order chi connectivity index (χ1) is 11.0. The molecule has 1 unspecified atom stereocenters. The van der Waals surface area contributed by atoms with Crippen molar-refractivity contribution in [3.05, 3.63) is 17.1 Å². The number of aryl methyl sites for hydroxylation is 2.